The number of rotatable bonds is 5. The maximum atomic E-state index is 12.2. The van der Waals surface area contributed by atoms with Gasteiger partial charge in [0.15, 0.2) is 0 Å². The van der Waals surface area contributed by atoms with Gasteiger partial charge in [0.25, 0.3) is 5.91 Å². The number of nitriles is 1. The third-order valence-corrected chi connectivity index (χ3v) is 4.60. The maximum absolute atomic E-state index is 12.2. The highest BCUT2D eigenvalue weighted by atomic mass is 16.3. The van der Waals surface area contributed by atoms with E-state index in [1.807, 2.05) is 18.2 Å². The molecule has 0 aliphatic carbocycles. The highest BCUT2D eigenvalue weighted by Gasteiger charge is 2.14. The topological polar surface area (TPSA) is 69.3 Å². The van der Waals surface area contributed by atoms with Crippen LogP contribution in [0, 0.1) is 18.3 Å². The lowest BCUT2D eigenvalue weighted by Gasteiger charge is -2.30. The molecule has 1 saturated heterocycles. The van der Waals surface area contributed by atoms with E-state index in [2.05, 4.69) is 23.2 Å². The van der Waals surface area contributed by atoms with Crippen LogP contribution in [0.4, 0.5) is 5.69 Å². The predicted octanol–water partition coefficient (Wildman–Crippen LogP) is 3.80. The van der Waals surface area contributed by atoms with Gasteiger partial charge in [-0.1, -0.05) is 6.07 Å². The van der Waals surface area contributed by atoms with E-state index < -0.39 is 5.91 Å². The van der Waals surface area contributed by atoms with Crippen molar-refractivity contribution in [3.8, 4) is 6.07 Å². The van der Waals surface area contributed by atoms with E-state index in [4.69, 9.17) is 4.42 Å². The Hall–Kier alpha value is -3.00. The summed E-state index contributed by atoms with van der Waals surface area (Å²) in [5.74, 6) is 0.249. The van der Waals surface area contributed by atoms with Gasteiger partial charge in [-0.05, 0) is 67.7 Å². The molecule has 0 atom stereocenters. The van der Waals surface area contributed by atoms with E-state index in [1.165, 1.54) is 24.9 Å². The minimum Gasteiger partial charge on any atom is -0.467 e. The van der Waals surface area contributed by atoms with Crippen LogP contribution in [0.3, 0.4) is 0 Å². The molecular weight excluding hydrogens is 326 g/mol. The summed E-state index contributed by atoms with van der Waals surface area (Å²) in [6.45, 7) is 4.52. The van der Waals surface area contributed by atoms with Crippen molar-refractivity contribution in [1.82, 2.24) is 5.32 Å². The molecule has 134 valence electrons. The molecule has 2 aromatic rings. The van der Waals surface area contributed by atoms with E-state index in [-0.39, 0.29) is 12.1 Å². The number of aryl methyl sites for hydroxylation is 1. The van der Waals surface area contributed by atoms with Gasteiger partial charge in [-0.25, -0.2) is 0 Å². The van der Waals surface area contributed by atoms with Crippen molar-refractivity contribution >= 4 is 17.7 Å². The SMILES string of the molecule is Cc1cc(/C=C(/C#N)C(=O)NCc2ccco2)ccc1N1CCCCC1. The Morgan fingerprint density at radius 1 is 1.31 bits per heavy atom. The third kappa shape index (κ3) is 4.34. The van der Waals surface area contributed by atoms with Crippen LogP contribution in [0.25, 0.3) is 6.08 Å². The Kier molecular flexibility index (Phi) is 5.75. The minimum absolute atomic E-state index is 0.0849. The first-order valence-electron chi connectivity index (χ1n) is 8.95. The molecule has 1 fully saturated rings. The molecule has 1 aromatic heterocycles. The molecule has 0 radical (unpaired) electrons. The lowest BCUT2D eigenvalue weighted by atomic mass is 10.0. The van der Waals surface area contributed by atoms with Crippen LogP contribution in [0.2, 0.25) is 0 Å². The number of piperidine rings is 1. The van der Waals surface area contributed by atoms with Gasteiger partial charge >= 0.3 is 0 Å². The summed E-state index contributed by atoms with van der Waals surface area (Å²) in [6, 6.07) is 11.6. The van der Waals surface area contributed by atoms with E-state index in [0.29, 0.717) is 5.76 Å². The molecule has 0 saturated carbocycles. The predicted molar refractivity (Wildman–Crippen MR) is 101 cm³/mol. The molecule has 1 amide bonds. The van der Waals surface area contributed by atoms with Gasteiger partial charge in [0.05, 0.1) is 12.8 Å². The molecular formula is C21H23N3O2. The third-order valence-electron chi connectivity index (χ3n) is 4.60. The minimum atomic E-state index is -0.401. The van der Waals surface area contributed by atoms with Crippen LogP contribution in [0.15, 0.2) is 46.6 Å². The zero-order chi connectivity index (χ0) is 18.4. The van der Waals surface area contributed by atoms with Crippen molar-refractivity contribution in [1.29, 1.82) is 5.26 Å². The van der Waals surface area contributed by atoms with Gasteiger partial charge in [-0.3, -0.25) is 4.79 Å². The van der Waals surface area contributed by atoms with Crippen LogP contribution in [0.5, 0.6) is 0 Å². The van der Waals surface area contributed by atoms with E-state index >= 15 is 0 Å². The van der Waals surface area contributed by atoms with Crippen molar-refractivity contribution in [3.63, 3.8) is 0 Å². The second-order valence-electron chi connectivity index (χ2n) is 6.53. The first kappa shape index (κ1) is 17.8. The number of nitrogens with one attached hydrogen (secondary N) is 1. The highest BCUT2D eigenvalue weighted by Crippen LogP contribution is 2.25. The number of anilines is 1. The molecule has 26 heavy (non-hydrogen) atoms. The van der Waals surface area contributed by atoms with Gasteiger partial charge in [-0.2, -0.15) is 5.26 Å². The summed E-state index contributed by atoms with van der Waals surface area (Å²) in [5.41, 5.74) is 3.34. The smallest absolute Gasteiger partial charge is 0.262 e. The molecule has 2 heterocycles. The van der Waals surface area contributed by atoms with Crippen molar-refractivity contribution in [2.24, 2.45) is 0 Å². The lowest BCUT2D eigenvalue weighted by Crippen LogP contribution is -2.29. The number of hydrogen-bond acceptors (Lipinski definition) is 4. The molecule has 1 aromatic carbocycles. The van der Waals surface area contributed by atoms with Gasteiger partial charge in [0.2, 0.25) is 0 Å². The van der Waals surface area contributed by atoms with Crippen LogP contribution >= 0.6 is 0 Å². The van der Waals surface area contributed by atoms with E-state index in [0.717, 1.165) is 24.2 Å². The summed E-state index contributed by atoms with van der Waals surface area (Å²) in [7, 11) is 0. The van der Waals surface area contributed by atoms with Gasteiger partial charge < -0.3 is 14.6 Å². The van der Waals surface area contributed by atoms with E-state index in [9.17, 15) is 10.1 Å². The molecule has 1 aliphatic heterocycles. The van der Waals surface area contributed by atoms with E-state index in [1.54, 1.807) is 24.5 Å². The molecule has 3 rings (SSSR count). The quantitative estimate of drug-likeness (QED) is 0.658. The van der Waals surface area contributed by atoms with Gasteiger partial charge in [-0.15, -0.1) is 0 Å². The largest absolute Gasteiger partial charge is 0.467 e. The second kappa shape index (κ2) is 8.39. The Labute approximate surface area is 153 Å². The van der Waals surface area contributed by atoms with Crippen molar-refractivity contribution in [3.05, 3.63) is 59.1 Å². The Balaban J connectivity index is 1.71. The summed E-state index contributed by atoms with van der Waals surface area (Å²) < 4.78 is 5.18. The van der Waals surface area contributed by atoms with Crippen LogP contribution in [-0.2, 0) is 11.3 Å². The van der Waals surface area contributed by atoms with Crippen molar-refractivity contribution in [2.75, 3.05) is 18.0 Å². The lowest BCUT2D eigenvalue weighted by molar-refractivity contribution is -0.117. The number of carbonyl (C=O) groups excluding carboxylic acids is 1. The fourth-order valence-electron chi connectivity index (χ4n) is 3.25. The Bertz CT molecular complexity index is 825. The molecule has 0 unspecified atom stereocenters. The van der Waals surface area contributed by atoms with Crippen molar-refractivity contribution in [2.45, 2.75) is 32.7 Å². The number of amides is 1. The molecule has 1 aliphatic rings. The Morgan fingerprint density at radius 3 is 2.77 bits per heavy atom. The van der Waals surface area contributed by atoms with Gasteiger partial charge in [0.1, 0.15) is 17.4 Å². The monoisotopic (exact) mass is 349 g/mol. The van der Waals surface area contributed by atoms with Crippen LogP contribution < -0.4 is 10.2 Å². The fourth-order valence-corrected chi connectivity index (χ4v) is 3.25. The first-order chi connectivity index (χ1) is 12.7. The summed E-state index contributed by atoms with van der Waals surface area (Å²) >= 11 is 0. The van der Waals surface area contributed by atoms with Crippen LogP contribution in [-0.4, -0.2) is 19.0 Å². The maximum Gasteiger partial charge on any atom is 0.262 e. The summed E-state index contributed by atoms with van der Waals surface area (Å²) in [5, 5.41) is 12.0. The molecule has 5 nitrogen and oxygen atoms in total. The number of nitrogens with zero attached hydrogens (tertiary/aromatic N) is 2. The molecule has 1 N–H and O–H groups in total. The first-order valence-corrected chi connectivity index (χ1v) is 8.95. The summed E-state index contributed by atoms with van der Waals surface area (Å²) in [4.78, 5) is 14.6. The van der Waals surface area contributed by atoms with Gasteiger partial charge in [0, 0.05) is 18.8 Å². The highest BCUT2D eigenvalue weighted by molar-refractivity contribution is 6.01. The average molecular weight is 349 g/mol. The van der Waals surface area contributed by atoms with Crippen molar-refractivity contribution < 1.29 is 9.21 Å². The molecule has 0 bridgehead atoms. The normalized spacial score (nSPS) is 14.8. The standard InChI is InChI=1S/C21H23N3O2/c1-16-12-17(7-8-20(16)24-9-3-2-4-10-24)13-18(14-22)21(25)23-15-19-6-5-11-26-19/h5-8,11-13H,2-4,9-10,15H2,1H3,(H,23,25)/b18-13-. The number of benzene rings is 1. The summed E-state index contributed by atoms with van der Waals surface area (Å²) in [6.07, 6.45) is 6.94. The zero-order valence-corrected chi connectivity index (χ0v) is 15.0. The Morgan fingerprint density at radius 2 is 2.12 bits per heavy atom. The van der Waals surface area contributed by atoms with Crippen LogP contribution in [0.1, 0.15) is 36.1 Å². The zero-order valence-electron chi connectivity index (χ0n) is 15.0. The number of carbonyl (C=O) groups is 1. The fraction of sp³-hybridized carbons (Fsp3) is 0.333. The number of furan rings is 1. The average Bonchev–Trinajstić information content (AvgIpc) is 3.18. The second-order valence-corrected chi connectivity index (χ2v) is 6.53. The number of hydrogen-bond donors (Lipinski definition) is 1. The molecule has 5 heteroatoms. The molecule has 0 spiro atoms.